The van der Waals surface area contributed by atoms with Crippen molar-refractivity contribution in [2.24, 2.45) is 13.0 Å². The van der Waals surface area contributed by atoms with Crippen LogP contribution in [0.5, 0.6) is 11.5 Å². The lowest BCUT2D eigenvalue weighted by atomic mass is 10.0. The summed E-state index contributed by atoms with van der Waals surface area (Å²) in [5, 5.41) is 6.67. The molecular weight excluding hydrogens is 859 g/mol. The van der Waals surface area contributed by atoms with Crippen LogP contribution in [0.15, 0.2) is 72.9 Å². The highest BCUT2D eigenvalue weighted by Crippen LogP contribution is 2.32. The first-order valence-corrected chi connectivity index (χ1v) is 22.0. The zero-order valence-electron chi connectivity index (χ0n) is 38.1. The molecule has 0 saturated carbocycles. The lowest BCUT2D eigenvalue weighted by Gasteiger charge is -2.34. The van der Waals surface area contributed by atoms with Crippen LogP contribution >= 0.6 is 23.2 Å². The number of aromatic nitrogens is 2. The van der Waals surface area contributed by atoms with Gasteiger partial charge in [-0.15, -0.1) is 0 Å². The molecule has 15 nitrogen and oxygen atoms in total. The van der Waals surface area contributed by atoms with Crippen molar-refractivity contribution in [2.45, 2.75) is 77.3 Å². The van der Waals surface area contributed by atoms with Crippen LogP contribution in [0.25, 0.3) is 11.3 Å². The highest BCUT2D eigenvalue weighted by molar-refractivity contribution is 6.31. The zero-order chi connectivity index (χ0) is 46.8. The number of nitrogens with zero attached hydrogens (tertiary/aromatic N) is 6. The maximum Gasteiger partial charge on any atom is 0.247 e. The average molecular weight is 920 g/mol. The van der Waals surface area contributed by atoms with Crippen molar-refractivity contribution in [3.63, 3.8) is 0 Å². The summed E-state index contributed by atoms with van der Waals surface area (Å²) in [4.78, 5) is 81.2. The molecule has 17 heteroatoms. The molecule has 344 valence electrons. The molecule has 5 amide bonds. The van der Waals surface area contributed by atoms with Crippen LogP contribution < -0.4 is 15.4 Å². The number of carbonyl (C=O) groups is 5. The van der Waals surface area contributed by atoms with Gasteiger partial charge in [-0.3, -0.25) is 24.0 Å². The van der Waals surface area contributed by atoms with Gasteiger partial charge in [-0.05, 0) is 88.5 Å². The fourth-order valence-corrected chi connectivity index (χ4v) is 7.79. The van der Waals surface area contributed by atoms with E-state index in [0.29, 0.717) is 40.1 Å². The molecule has 1 fully saturated rings. The van der Waals surface area contributed by atoms with Gasteiger partial charge in [-0.2, -0.15) is 0 Å². The highest BCUT2D eigenvalue weighted by Gasteiger charge is 2.35. The summed E-state index contributed by atoms with van der Waals surface area (Å²) in [5.41, 5.74) is 3.26. The van der Waals surface area contributed by atoms with Gasteiger partial charge < -0.3 is 44.3 Å². The Bertz CT molecular complexity index is 2270. The van der Waals surface area contributed by atoms with Gasteiger partial charge in [0.15, 0.2) is 0 Å². The monoisotopic (exact) mass is 918 g/mol. The number of halogens is 2. The number of carbonyl (C=O) groups excluding carboxylic acids is 5. The summed E-state index contributed by atoms with van der Waals surface area (Å²) in [6.45, 7) is 5.57. The van der Waals surface area contributed by atoms with E-state index in [0.717, 1.165) is 22.6 Å². The Morgan fingerprint density at radius 2 is 1.52 bits per heavy atom. The predicted molar refractivity (Wildman–Crippen MR) is 247 cm³/mol. The third kappa shape index (κ3) is 12.8. The second-order valence-electron chi connectivity index (χ2n) is 16.8. The van der Waals surface area contributed by atoms with Crippen molar-refractivity contribution in [3.05, 3.63) is 99.9 Å². The van der Waals surface area contributed by atoms with E-state index in [1.54, 1.807) is 65.2 Å². The molecule has 1 aliphatic heterocycles. The predicted octanol–water partition coefficient (Wildman–Crippen LogP) is 5.56. The summed E-state index contributed by atoms with van der Waals surface area (Å²) < 4.78 is 13.9. The van der Waals surface area contributed by atoms with Gasteiger partial charge in [0.25, 0.3) is 0 Å². The molecule has 5 atom stereocenters. The van der Waals surface area contributed by atoms with Crippen LogP contribution in [0.2, 0.25) is 10.0 Å². The second-order valence-corrected chi connectivity index (χ2v) is 17.7. The normalized spacial score (nSPS) is 21.2. The Morgan fingerprint density at radius 3 is 2.17 bits per heavy atom. The van der Waals surface area contributed by atoms with Gasteiger partial charge >= 0.3 is 0 Å². The Morgan fingerprint density at radius 1 is 0.844 bits per heavy atom. The molecule has 0 aliphatic carbocycles. The first-order chi connectivity index (χ1) is 30.4. The molecule has 64 heavy (non-hydrogen) atoms. The number of benzene rings is 3. The highest BCUT2D eigenvalue weighted by atomic mass is 35.5. The molecule has 0 bridgehead atoms. The maximum atomic E-state index is 14.4. The van der Waals surface area contributed by atoms with Crippen LogP contribution in [-0.4, -0.2) is 131 Å². The largest absolute Gasteiger partial charge is 0.457 e. The number of imidazole rings is 1. The number of ether oxygens (including phenoxy) is 2. The Kier molecular flexibility index (Phi) is 17.4. The molecule has 3 aromatic carbocycles. The van der Waals surface area contributed by atoms with Gasteiger partial charge in [0.2, 0.25) is 29.5 Å². The van der Waals surface area contributed by atoms with Crippen LogP contribution in [0.3, 0.4) is 0 Å². The van der Waals surface area contributed by atoms with E-state index in [1.807, 2.05) is 68.3 Å². The van der Waals surface area contributed by atoms with Crippen LogP contribution in [0.1, 0.15) is 50.6 Å². The number of likely N-dealkylation sites (N-methyl/N-ethyl adjacent to an activating group) is 2. The van der Waals surface area contributed by atoms with Crippen molar-refractivity contribution in [3.8, 4) is 22.8 Å². The van der Waals surface area contributed by atoms with E-state index in [1.165, 1.54) is 21.8 Å². The molecule has 4 aromatic rings. The quantitative estimate of drug-likeness (QED) is 0.197. The van der Waals surface area contributed by atoms with Gasteiger partial charge in [-0.25, -0.2) is 4.98 Å². The third-order valence-corrected chi connectivity index (χ3v) is 12.1. The Balaban J connectivity index is 1.46. The van der Waals surface area contributed by atoms with Gasteiger partial charge in [0.05, 0.1) is 31.6 Å². The number of hydrogen-bond donors (Lipinski definition) is 2. The van der Waals surface area contributed by atoms with E-state index in [-0.39, 0.29) is 44.4 Å². The standard InChI is InChI=1S/C47H60Cl2N8O7/c1-29-20-44(59)57(26-34-12-17-36(49)22-41(34)64-38-18-13-33(14-19-38)40-25-50-42(56(40)8)27-53(4)5)31(3)45(60)52-39(28-63-9)47(62)55(7)37(21-32-10-15-35(48)16-11-32)23-43(58)51-24-30(2)54(6)46(29)61/h10-19,22,25,29-31,37,39H,20-21,23-24,26-28H2,1-9H3,(H,51,58)(H,52,60)/t29-,30+,31+,37+,39+/m1/s1. The van der Waals surface area contributed by atoms with E-state index >= 15 is 0 Å². The molecule has 2 N–H and O–H groups in total. The minimum atomic E-state index is -1.17. The van der Waals surface area contributed by atoms with Crippen molar-refractivity contribution in [2.75, 3.05) is 48.5 Å². The van der Waals surface area contributed by atoms with E-state index in [2.05, 4.69) is 20.5 Å². The fourth-order valence-electron chi connectivity index (χ4n) is 7.50. The summed E-state index contributed by atoms with van der Waals surface area (Å²) in [7, 11) is 10.6. The SMILES string of the molecule is COC[C@@H]1NC(=O)[C@H](C)N(Cc2ccc(Cl)cc2Oc2ccc(-c3cnc(CN(C)C)n3C)cc2)C(=O)C[C@@H](C)C(=O)N(C)[C@@H](C)CNC(=O)C[C@H](Cc2ccc(Cl)cc2)N(C)C1=O. The molecule has 0 unspecified atom stereocenters. The molecular formula is C47H60Cl2N8O7. The molecule has 2 heterocycles. The summed E-state index contributed by atoms with van der Waals surface area (Å²) in [5.74, 6) is -1.24. The molecule has 1 aliphatic rings. The zero-order valence-corrected chi connectivity index (χ0v) is 39.6. The van der Waals surface area contributed by atoms with Gasteiger partial charge in [0, 0.05) is 86.8 Å². The molecule has 0 spiro atoms. The maximum absolute atomic E-state index is 14.4. The Hall–Kier alpha value is -5.48. The second kappa shape index (κ2) is 22.4. The van der Waals surface area contributed by atoms with Crippen LogP contribution in [-0.2, 0) is 55.3 Å². The van der Waals surface area contributed by atoms with Crippen LogP contribution in [0, 0.1) is 5.92 Å². The van der Waals surface area contributed by atoms with Gasteiger partial charge in [0.1, 0.15) is 29.4 Å². The van der Waals surface area contributed by atoms with E-state index in [9.17, 15) is 24.0 Å². The van der Waals surface area contributed by atoms with Crippen molar-refractivity contribution < 1.29 is 33.4 Å². The van der Waals surface area contributed by atoms with Crippen molar-refractivity contribution in [1.82, 2.24) is 39.8 Å². The lowest BCUT2D eigenvalue weighted by molar-refractivity contribution is -0.146. The van der Waals surface area contributed by atoms with E-state index < -0.39 is 47.8 Å². The lowest BCUT2D eigenvalue weighted by Crippen LogP contribution is -2.57. The fraction of sp³-hybridized carbons (Fsp3) is 0.447. The molecule has 1 saturated heterocycles. The topological polar surface area (TPSA) is 159 Å². The van der Waals surface area contributed by atoms with Gasteiger partial charge in [-0.1, -0.05) is 48.3 Å². The number of rotatable bonds is 11. The molecule has 5 rings (SSSR count). The smallest absolute Gasteiger partial charge is 0.247 e. The first kappa shape index (κ1) is 49.5. The van der Waals surface area contributed by atoms with Crippen LogP contribution in [0.4, 0.5) is 0 Å². The minimum Gasteiger partial charge on any atom is -0.457 e. The number of methoxy groups -OCH3 is 1. The first-order valence-electron chi connectivity index (χ1n) is 21.2. The van der Waals surface area contributed by atoms with Crippen molar-refractivity contribution in [1.29, 1.82) is 0 Å². The summed E-state index contributed by atoms with van der Waals surface area (Å²) in [6.07, 6.45) is 1.85. The molecule has 1 aromatic heterocycles. The Labute approximate surface area is 386 Å². The number of hydrogen-bond acceptors (Lipinski definition) is 9. The van der Waals surface area contributed by atoms with Crippen molar-refractivity contribution >= 4 is 52.7 Å². The van der Waals surface area contributed by atoms with E-state index in [4.69, 9.17) is 32.7 Å². The summed E-state index contributed by atoms with van der Waals surface area (Å²) in [6, 6.07) is 16.3. The third-order valence-electron chi connectivity index (χ3n) is 11.6. The number of nitrogens with one attached hydrogen (secondary N) is 2. The minimum absolute atomic E-state index is 0.0596. The molecule has 0 radical (unpaired) electrons. The number of amides is 5. The average Bonchev–Trinajstić information content (AvgIpc) is 3.62. The summed E-state index contributed by atoms with van der Waals surface area (Å²) >= 11 is 12.7.